The van der Waals surface area contributed by atoms with E-state index in [9.17, 15) is 28.4 Å². The van der Waals surface area contributed by atoms with Crippen LogP contribution in [0.5, 0.6) is 11.6 Å². The van der Waals surface area contributed by atoms with E-state index in [2.05, 4.69) is 20.3 Å². The van der Waals surface area contributed by atoms with Gasteiger partial charge in [-0.25, -0.2) is 14.6 Å². The van der Waals surface area contributed by atoms with Gasteiger partial charge in [-0.15, -0.1) is 18.7 Å². The number of halogens is 3. The van der Waals surface area contributed by atoms with Crippen molar-refractivity contribution in [2.75, 3.05) is 25.7 Å². The van der Waals surface area contributed by atoms with Crippen molar-refractivity contribution in [3.8, 4) is 11.6 Å². The van der Waals surface area contributed by atoms with Crippen LogP contribution in [-0.4, -0.2) is 47.6 Å². The number of esters is 1. The van der Waals surface area contributed by atoms with Crippen molar-refractivity contribution in [2.24, 2.45) is 0 Å². The molecule has 1 aromatic carbocycles. The van der Waals surface area contributed by atoms with Gasteiger partial charge in [-0.2, -0.15) is 0 Å². The zero-order valence-electron chi connectivity index (χ0n) is 19.8. The number of nitrogens with one attached hydrogen (secondary N) is 1. The Balaban J connectivity index is 1.26. The summed E-state index contributed by atoms with van der Waals surface area (Å²) < 4.78 is 51.5. The van der Waals surface area contributed by atoms with Crippen molar-refractivity contribution in [1.82, 2.24) is 15.0 Å². The molecule has 1 aliphatic heterocycles. The maximum absolute atomic E-state index is 12.4. The standard InChI is InChI=1S/C22H21F3N6O7/c1-35-19-10-14(4-7-26-19)12-29-8-5-16(13-29)37-20(32)6-9-36-28-21-27-31(34)18-11-15(38-22(23,24)25)2-3-17(18)30(21)33/h2-4,7,10-11,13H,5-6,8-9,12H2,1H3,(H,27,28). The molecule has 0 aliphatic carbocycles. The first kappa shape index (κ1) is 26.5. The lowest BCUT2D eigenvalue weighted by atomic mass is 10.2. The maximum atomic E-state index is 12.4. The zero-order valence-corrected chi connectivity index (χ0v) is 19.8. The van der Waals surface area contributed by atoms with Crippen molar-refractivity contribution in [1.29, 1.82) is 0 Å². The molecular formula is C22H21F3N6O7. The number of hydrogen-bond donors (Lipinski definition) is 1. The highest BCUT2D eigenvalue weighted by Crippen LogP contribution is 2.24. The number of nitrogens with zero attached hydrogens (tertiary/aromatic N) is 5. The molecule has 202 valence electrons. The lowest BCUT2D eigenvalue weighted by Gasteiger charge is -2.14. The largest absolute Gasteiger partial charge is 0.739 e. The third kappa shape index (κ3) is 6.78. The number of carbonyl (C=O) groups excluding carboxylic acids is 1. The van der Waals surface area contributed by atoms with E-state index in [0.29, 0.717) is 31.1 Å². The molecule has 0 spiro atoms. The second-order valence-electron chi connectivity index (χ2n) is 7.89. The minimum Gasteiger partial charge on any atom is -0.739 e. The lowest BCUT2D eigenvalue weighted by molar-refractivity contribution is -0.672. The predicted octanol–water partition coefficient (Wildman–Crippen LogP) is 1.83. The molecule has 0 radical (unpaired) electrons. The van der Waals surface area contributed by atoms with Crippen molar-refractivity contribution >= 4 is 23.0 Å². The van der Waals surface area contributed by atoms with E-state index in [-0.39, 0.29) is 28.1 Å². The summed E-state index contributed by atoms with van der Waals surface area (Å²) >= 11 is 0. The zero-order chi connectivity index (χ0) is 27.3. The number of anilines is 1. The predicted molar refractivity (Wildman–Crippen MR) is 121 cm³/mol. The van der Waals surface area contributed by atoms with E-state index in [0.717, 1.165) is 23.8 Å². The van der Waals surface area contributed by atoms with Crippen LogP contribution in [0.25, 0.3) is 11.0 Å². The lowest BCUT2D eigenvalue weighted by Crippen LogP contribution is -2.44. The van der Waals surface area contributed by atoms with Gasteiger partial charge in [0.2, 0.25) is 11.0 Å². The van der Waals surface area contributed by atoms with Crippen LogP contribution in [0.2, 0.25) is 0 Å². The molecule has 0 fully saturated rings. The Morgan fingerprint density at radius 2 is 2.03 bits per heavy atom. The summed E-state index contributed by atoms with van der Waals surface area (Å²) in [5, 5.41) is 27.9. The molecule has 0 saturated carbocycles. The van der Waals surface area contributed by atoms with Gasteiger partial charge in [0.15, 0.2) is 5.52 Å². The SMILES string of the molecule is COc1cc(CN2C=C(OC(=O)CCONc3n[n+]([O-])c4cc(OC(F)(F)F)ccc4[n+]3[O-])CC2)ccn1. The first-order chi connectivity index (χ1) is 18.1. The summed E-state index contributed by atoms with van der Waals surface area (Å²) in [7, 11) is 1.53. The molecular weight excluding hydrogens is 517 g/mol. The number of carbonyl (C=O) groups is 1. The minimum atomic E-state index is -4.97. The quantitative estimate of drug-likeness (QED) is 0.132. The van der Waals surface area contributed by atoms with Crippen LogP contribution in [0, 0.1) is 10.4 Å². The molecule has 3 heterocycles. The third-order valence-electron chi connectivity index (χ3n) is 5.17. The molecule has 16 heteroatoms. The number of methoxy groups -OCH3 is 1. The van der Waals surface area contributed by atoms with Gasteiger partial charge in [0.1, 0.15) is 11.5 Å². The van der Waals surface area contributed by atoms with Crippen molar-refractivity contribution in [3.05, 3.63) is 64.5 Å². The molecule has 13 nitrogen and oxygen atoms in total. The summed E-state index contributed by atoms with van der Waals surface area (Å²) in [6.07, 6.45) is -1.25. The fourth-order valence-corrected chi connectivity index (χ4v) is 3.51. The molecule has 0 atom stereocenters. The number of rotatable bonds is 10. The molecule has 4 rings (SSSR count). The Kier molecular flexibility index (Phi) is 7.80. The van der Waals surface area contributed by atoms with Gasteiger partial charge in [0.25, 0.3) is 0 Å². The highest BCUT2D eigenvalue weighted by Gasteiger charge is 2.32. The fraction of sp³-hybridized carbons (Fsp3) is 0.318. The van der Waals surface area contributed by atoms with Crippen LogP contribution in [0.4, 0.5) is 19.1 Å². The summed E-state index contributed by atoms with van der Waals surface area (Å²) in [5.74, 6) is -0.874. The average Bonchev–Trinajstić information content (AvgIpc) is 3.30. The molecule has 0 bridgehead atoms. The Morgan fingerprint density at radius 1 is 1.21 bits per heavy atom. The van der Waals surface area contributed by atoms with Crippen LogP contribution in [0.1, 0.15) is 18.4 Å². The van der Waals surface area contributed by atoms with Crippen molar-refractivity contribution < 1.29 is 46.6 Å². The molecule has 2 aromatic heterocycles. The second kappa shape index (κ2) is 11.2. The van der Waals surface area contributed by atoms with Gasteiger partial charge in [0.05, 0.1) is 26.2 Å². The van der Waals surface area contributed by atoms with Gasteiger partial charge < -0.3 is 29.5 Å². The maximum Gasteiger partial charge on any atom is 0.573 e. The Hall–Kier alpha value is -4.60. The molecule has 0 saturated heterocycles. The van der Waals surface area contributed by atoms with Crippen LogP contribution in [-0.2, 0) is 20.9 Å². The second-order valence-corrected chi connectivity index (χ2v) is 7.89. The molecule has 3 aromatic rings. The van der Waals surface area contributed by atoms with Gasteiger partial charge in [-0.05, 0) is 23.8 Å². The van der Waals surface area contributed by atoms with E-state index in [4.69, 9.17) is 14.3 Å². The van der Waals surface area contributed by atoms with Crippen molar-refractivity contribution in [2.45, 2.75) is 25.7 Å². The fourth-order valence-electron chi connectivity index (χ4n) is 3.51. The van der Waals surface area contributed by atoms with Crippen LogP contribution >= 0.6 is 0 Å². The number of alkyl halides is 3. The molecule has 0 amide bonds. The van der Waals surface area contributed by atoms with Crippen LogP contribution in [0.3, 0.4) is 0 Å². The third-order valence-corrected chi connectivity index (χ3v) is 5.17. The van der Waals surface area contributed by atoms with Gasteiger partial charge in [-0.1, -0.05) is 0 Å². The monoisotopic (exact) mass is 538 g/mol. The smallest absolute Gasteiger partial charge is 0.573 e. The first-order valence-electron chi connectivity index (χ1n) is 11.1. The summed E-state index contributed by atoms with van der Waals surface area (Å²) in [5.41, 5.74) is 2.38. The number of fused-ring (bicyclic) bond motifs is 1. The van der Waals surface area contributed by atoms with Gasteiger partial charge in [-0.3, -0.25) is 4.79 Å². The van der Waals surface area contributed by atoms with E-state index in [1.807, 2.05) is 17.0 Å². The number of pyridine rings is 1. The van der Waals surface area contributed by atoms with Crippen molar-refractivity contribution in [3.63, 3.8) is 0 Å². The first-order valence-corrected chi connectivity index (χ1v) is 11.1. The summed E-state index contributed by atoms with van der Waals surface area (Å²) in [4.78, 5) is 23.2. The number of ether oxygens (including phenoxy) is 3. The van der Waals surface area contributed by atoms with Gasteiger partial charge in [0, 0.05) is 42.8 Å². The molecule has 38 heavy (non-hydrogen) atoms. The van der Waals surface area contributed by atoms with E-state index in [1.54, 1.807) is 12.4 Å². The number of hydrogen-bond acceptors (Lipinski definition) is 11. The normalized spacial score (nSPS) is 13.4. The van der Waals surface area contributed by atoms with E-state index >= 15 is 0 Å². The highest BCUT2D eigenvalue weighted by atomic mass is 19.4. The topological polar surface area (TPSA) is 149 Å². The Bertz CT molecular complexity index is 1350. The average molecular weight is 538 g/mol. The Morgan fingerprint density at radius 3 is 2.79 bits per heavy atom. The summed E-state index contributed by atoms with van der Waals surface area (Å²) in [6.45, 7) is 1.00. The van der Waals surface area contributed by atoms with E-state index in [1.165, 1.54) is 7.11 Å². The molecule has 0 unspecified atom stereocenters. The number of benzene rings is 1. The van der Waals surface area contributed by atoms with Gasteiger partial charge >= 0.3 is 23.8 Å². The molecule has 1 aliphatic rings. The summed E-state index contributed by atoms with van der Waals surface area (Å²) in [6, 6.07) is 6.23. The van der Waals surface area contributed by atoms with E-state index < -0.39 is 29.5 Å². The number of aromatic nitrogens is 4. The van der Waals surface area contributed by atoms with Crippen LogP contribution < -0.4 is 24.5 Å². The Labute approximate surface area is 212 Å². The minimum absolute atomic E-state index is 0.0622. The highest BCUT2D eigenvalue weighted by molar-refractivity contribution is 5.71. The molecule has 1 N–H and O–H groups in total. The van der Waals surface area contributed by atoms with Crippen LogP contribution in [0.15, 0.2) is 48.5 Å².